The second-order valence-electron chi connectivity index (χ2n) is 5.70. The number of aromatic nitrogens is 4. The molecule has 1 aliphatic heterocycles. The summed E-state index contributed by atoms with van der Waals surface area (Å²) in [5.74, 6) is 1.91. The van der Waals surface area contributed by atoms with Gasteiger partial charge in [0, 0.05) is 13.0 Å². The van der Waals surface area contributed by atoms with Crippen molar-refractivity contribution in [3.05, 3.63) is 28.7 Å². The topological polar surface area (TPSA) is 97.1 Å². The number of amides is 1. The lowest BCUT2D eigenvalue weighted by Gasteiger charge is -2.31. The normalized spacial score (nSPS) is 18.4. The molecule has 23 heavy (non-hydrogen) atoms. The maximum Gasteiger partial charge on any atom is 0.259 e. The summed E-state index contributed by atoms with van der Waals surface area (Å²) in [6.45, 7) is 7.02. The summed E-state index contributed by atoms with van der Waals surface area (Å²) in [6, 6.07) is 0. The molecule has 2 aromatic heterocycles. The molecule has 3 rings (SSSR count). The number of nitrogens with zero attached hydrogens (tertiary/aromatic N) is 4. The minimum atomic E-state index is -0.310. The molecule has 0 spiro atoms. The quantitative estimate of drug-likeness (QED) is 0.919. The lowest BCUT2D eigenvalue weighted by molar-refractivity contribution is -0.0267. The third-order valence-corrected chi connectivity index (χ3v) is 3.92. The van der Waals surface area contributed by atoms with Crippen molar-refractivity contribution >= 4 is 5.91 Å². The SMILES string of the molecule is CCCc1nc([C@H]2CN(C(=O)c3c(C)noc3C)CCO2)n[nH]1. The van der Waals surface area contributed by atoms with Crippen LogP contribution in [-0.2, 0) is 11.2 Å². The first kappa shape index (κ1) is 15.7. The Morgan fingerprint density at radius 3 is 2.96 bits per heavy atom. The minimum absolute atomic E-state index is 0.0844. The van der Waals surface area contributed by atoms with Crippen molar-refractivity contribution in [1.82, 2.24) is 25.2 Å². The number of hydrogen-bond acceptors (Lipinski definition) is 6. The van der Waals surface area contributed by atoms with Crippen LogP contribution in [0.2, 0.25) is 0 Å². The molecule has 8 heteroatoms. The highest BCUT2D eigenvalue weighted by Crippen LogP contribution is 2.22. The zero-order valence-electron chi connectivity index (χ0n) is 13.6. The maximum absolute atomic E-state index is 12.7. The van der Waals surface area contributed by atoms with Crippen LogP contribution < -0.4 is 0 Å². The van der Waals surface area contributed by atoms with E-state index >= 15 is 0 Å². The fourth-order valence-electron chi connectivity index (χ4n) is 2.74. The van der Waals surface area contributed by atoms with Crippen LogP contribution in [0.5, 0.6) is 0 Å². The summed E-state index contributed by atoms with van der Waals surface area (Å²) < 4.78 is 10.8. The van der Waals surface area contributed by atoms with Gasteiger partial charge in [-0.2, -0.15) is 5.10 Å². The van der Waals surface area contributed by atoms with E-state index in [0.29, 0.717) is 42.5 Å². The van der Waals surface area contributed by atoms with Gasteiger partial charge >= 0.3 is 0 Å². The number of H-pyrrole nitrogens is 1. The second kappa shape index (κ2) is 6.49. The molecule has 0 aromatic carbocycles. The average Bonchev–Trinajstić information content (AvgIpc) is 3.14. The molecule has 0 aliphatic carbocycles. The Kier molecular flexibility index (Phi) is 4.42. The first-order valence-corrected chi connectivity index (χ1v) is 7.85. The number of aryl methyl sites for hydroxylation is 3. The van der Waals surface area contributed by atoms with Gasteiger partial charge < -0.3 is 14.2 Å². The summed E-state index contributed by atoms with van der Waals surface area (Å²) in [5.41, 5.74) is 1.14. The highest BCUT2D eigenvalue weighted by atomic mass is 16.5. The number of ether oxygens (including phenoxy) is 1. The Balaban J connectivity index is 1.74. The van der Waals surface area contributed by atoms with E-state index in [1.807, 2.05) is 0 Å². The molecule has 2 aromatic rings. The van der Waals surface area contributed by atoms with Crippen LogP contribution in [0.25, 0.3) is 0 Å². The van der Waals surface area contributed by atoms with Crippen molar-refractivity contribution in [3.8, 4) is 0 Å². The first-order valence-electron chi connectivity index (χ1n) is 7.85. The van der Waals surface area contributed by atoms with E-state index in [0.717, 1.165) is 18.7 Å². The van der Waals surface area contributed by atoms with Crippen molar-refractivity contribution in [2.75, 3.05) is 19.7 Å². The van der Waals surface area contributed by atoms with Crippen LogP contribution in [0.15, 0.2) is 4.52 Å². The number of morpholine rings is 1. The minimum Gasteiger partial charge on any atom is -0.366 e. The Morgan fingerprint density at radius 1 is 1.43 bits per heavy atom. The summed E-state index contributed by atoms with van der Waals surface area (Å²) in [4.78, 5) is 18.9. The average molecular weight is 319 g/mol. The van der Waals surface area contributed by atoms with Gasteiger partial charge in [0.05, 0.1) is 18.8 Å². The molecule has 1 saturated heterocycles. The molecule has 0 unspecified atom stereocenters. The van der Waals surface area contributed by atoms with Crippen LogP contribution in [0.4, 0.5) is 0 Å². The molecular weight excluding hydrogens is 298 g/mol. The fourth-order valence-corrected chi connectivity index (χ4v) is 2.74. The highest BCUT2D eigenvalue weighted by Gasteiger charge is 2.31. The lowest BCUT2D eigenvalue weighted by atomic mass is 10.1. The zero-order chi connectivity index (χ0) is 16.4. The van der Waals surface area contributed by atoms with Gasteiger partial charge in [-0.15, -0.1) is 0 Å². The number of nitrogens with one attached hydrogen (secondary N) is 1. The van der Waals surface area contributed by atoms with Gasteiger partial charge in [0.2, 0.25) is 0 Å². The molecule has 1 fully saturated rings. The summed E-state index contributed by atoms with van der Waals surface area (Å²) >= 11 is 0. The van der Waals surface area contributed by atoms with Crippen molar-refractivity contribution in [1.29, 1.82) is 0 Å². The molecule has 0 radical (unpaired) electrons. The Hall–Kier alpha value is -2.22. The Morgan fingerprint density at radius 2 is 2.26 bits per heavy atom. The van der Waals surface area contributed by atoms with Crippen LogP contribution in [0.3, 0.4) is 0 Å². The monoisotopic (exact) mass is 319 g/mol. The molecule has 0 bridgehead atoms. The van der Waals surface area contributed by atoms with Crippen molar-refractivity contribution in [2.24, 2.45) is 0 Å². The zero-order valence-corrected chi connectivity index (χ0v) is 13.6. The second-order valence-corrected chi connectivity index (χ2v) is 5.70. The molecular formula is C15H21N5O3. The van der Waals surface area contributed by atoms with Crippen LogP contribution in [0, 0.1) is 13.8 Å². The lowest BCUT2D eigenvalue weighted by Crippen LogP contribution is -2.42. The van der Waals surface area contributed by atoms with E-state index in [2.05, 4.69) is 27.3 Å². The standard InChI is InChI=1S/C15H21N5O3/c1-4-5-12-16-14(18-17-12)11-8-20(6-7-22-11)15(21)13-9(2)19-23-10(13)3/h11H,4-8H2,1-3H3,(H,16,17,18)/t11-/m1/s1. The van der Waals surface area contributed by atoms with Crippen LogP contribution >= 0.6 is 0 Å². The molecule has 1 amide bonds. The van der Waals surface area contributed by atoms with Gasteiger partial charge in [0.25, 0.3) is 5.91 Å². The highest BCUT2D eigenvalue weighted by molar-refractivity contribution is 5.96. The fraction of sp³-hybridized carbons (Fsp3) is 0.600. The van der Waals surface area contributed by atoms with E-state index in [1.165, 1.54) is 0 Å². The van der Waals surface area contributed by atoms with E-state index < -0.39 is 0 Å². The molecule has 1 atom stereocenters. The van der Waals surface area contributed by atoms with E-state index in [9.17, 15) is 4.79 Å². The number of carbonyl (C=O) groups excluding carboxylic acids is 1. The Bertz CT molecular complexity index is 674. The molecule has 0 saturated carbocycles. The van der Waals surface area contributed by atoms with Gasteiger partial charge in [-0.3, -0.25) is 9.89 Å². The van der Waals surface area contributed by atoms with Crippen LogP contribution in [0.1, 0.15) is 52.9 Å². The van der Waals surface area contributed by atoms with E-state index in [-0.39, 0.29) is 12.0 Å². The maximum atomic E-state index is 12.7. The largest absolute Gasteiger partial charge is 0.366 e. The van der Waals surface area contributed by atoms with Crippen molar-refractivity contribution in [2.45, 2.75) is 39.7 Å². The van der Waals surface area contributed by atoms with E-state index in [4.69, 9.17) is 9.26 Å². The number of rotatable bonds is 4. The number of carbonyl (C=O) groups is 1. The molecule has 8 nitrogen and oxygen atoms in total. The predicted octanol–water partition coefficient (Wildman–Crippen LogP) is 1.58. The van der Waals surface area contributed by atoms with Crippen LogP contribution in [-0.4, -0.2) is 50.8 Å². The van der Waals surface area contributed by atoms with Crippen molar-refractivity contribution in [3.63, 3.8) is 0 Å². The molecule has 3 heterocycles. The third-order valence-electron chi connectivity index (χ3n) is 3.92. The van der Waals surface area contributed by atoms with Gasteiger partial charge in [0.15, 0.2) is 5.82 Å². The van der Waals surface area contributed by atoms with Crippen molar-refractivity contribution < 1.29 is 14.1 Å². The molecule has 1 N–H and O–H groups in total. The first-order chi connectivity index (χ1) is 11.1. The van der Waals surface area contributed by atoms with Gasteiger partial charge in [0.1, 0.15) is 23.3 Å². The number of hydrogen-bond donors (Lipinski definition) is 1. The van der Waals surface area contributed by atoms with Gasteiger partial charge in [-0.1, -0.05) is 12.1 Å². The van der Waals surface area contributed by atoms with E-state index in [1.54, 1.807) is 18.7 Å². The summed E-state index contributed by atoms with van der Waals surface area (Å²) in [5, 5.41) is 11.0. The molecule has 124 valence electrons. The van der Waals surface area contributed by atoms with Gasteiger partial charge in [-0.05, 0) is 20.3 Å². The predicted molar refractivity (Wildman–Crippen MR) is 81.0 cm³/mol. The summed E-state index contributed by atoms with van der Waals surface area (Å²) in [6.07, 6.45) is 1.54. The van der Waals surface area contributed by atoms with Gasteiger partial charge in [-0.25, -0.2) is 4.98 Å². The Labute approximate surface area is 134 Å². The summed E-state index contributed by atoms with van der Waals surface area (Å²) in [7, 11) is 0. The third kappa shape index (κ3) is 3.12. The smallest absolute Gasteiger partial charge is 0.259 e. The molecule has 1 aliphatic rings. The number of aromatic amines is 1.